The highest BCUT2D eigenvalue weighted by atomic mass is 19.4. The summed E-state index contributed by atoms with van der Waals surface area (Å²) in [7, 11) is 3.01. The van der Waals surface area contributed by atoms with E-state index in [9.17, 15) is 13.2 Å². The van der Waals surface area contributed by atoms with Gasteiger partial charge in [-0.3, -0.25) is 0 Å². The van der Waals surface area contributed by atoms with E-state index in [1.165, 1.54) is 14.2 Å². The molecule has 18 heavy (non-hydrogen) atoms. The average Bonchev–Trinajstić information content (AvgIpc) is 3.04. The fourth-order valence-electron chi connectivity index (χ4n) is 1.98. The Morgan fingerprint density at radius 3 is 2.39 bits per heavy atom. The summed E-state index contributed by atoms with van der Waals surface area (Å²) < 4.78 is 46.8. The van der Waals surface area contributed by atoms with Crippen molar-refractivity contribution < 1.29 is 22.6 Å². The number of hydrogen-bond acceptors (Lipinski definition) is 3. The van der Waals surface area contributed by atoms with E-state index in [0.29, 0.717) is 11.5 Å². The predicted molar refractivity (Wildman–Crippen MR) is 59.9 cm³/mol. The Balaban J connectivity index is 2.08. The fraction of sp³-hybridized carbons (Fsp3) is 0.500. The molecule has 0 bridgehead atoms. The van der Waals surface area contributed by atoms with Crippen molar-refractivity contribution in [3.05, 3.63) is 23.8 Å². The molecule has 1 N–H and O–H groups in total. The van der Waals surface area contributed by atoms with Crippen molar-refractivity contribution in [3.63, 3.8) is 0 Å². The highest BCUT2D eigenvalue weighted by Crippen LogP contribution is 2.40. The Morgan fingerprint density at radius 1 is 1.17 bits per heavy atom. The molecule has 0 aromatic heterocycles. The van der Waals surface area contributed by atoms with Crippen molar-refractivity contribution in [2.24, 2.45) is 0 Å². The Bertz CT molecular complexity index is 434. The minimum atomic E-state index is -4.14. The summed E-state index contributed by atoms with van der Waals surface area (Å²) in [5, 5.41) is 2.81. The predicted octanol–water partition coefficient (Wildman–Crippen LogP) is 2.67. The molecule has 1 aromatic rings. The van der Waals surface area contributed by atoms with Gasteiger partial charge in [0, 0.05) is 12.1 Å². The second-order valence-electron chi connectivity index (χ2n) is 4.18. The lowest BCUT2D eigenvalue weighted by molar-refractivity contribution is -0.134. The summed E-state index contributed by atoms with van der Waals surface area (Å²) in [5.41, 5.74) is 0.780. The van der Waals surface area contributed by atoms with Crippen molar-refractivity contribution in [2.45, 2.75) is 24.7 Å². The molecule has 1 aromatic carbocycles. The van der Waals surface area contributed by atoms with Crippen LogP contribution in [0.1, 0.15) is 18.0 Å². The number of halogens is 3. The van der Waals surface area contributed by atoms with Gasteiger partial charge in [-0.1, -0.05) is 6.07 Å². The molecule has 2 atom stereocenters. The van der Waals surface area contributed by atoms with E-state index in [4.69, 9.17) is 9.47 Å². The SMILES string of the molecule is COc1ccc([C@H]2N[C@H]2CC(F)(F)F)cc1OC. The quantitative estimate of drug-likeness (QED) is 0.847. The molecule has 0 saturated carbocycles. The molecule has 1 fully saturated rings. The van der Waals surface area contributed by atoms with Crippen LogP contribution in [0.4, 0.5) is 13.2 Å². The maximum atomic E-state index is 12.2. The van der Waals surface area contributed by atoms with E-state index in [0.717, 1.165) is 5.56 Å². The van der Waals surface area contributed by atoms with Crippen molar-refractivity contribution in [2.75, 3.05) is 14.2 Å². The summed E-state index contributed by atoms with van der Waals surface area (Å²) in [4.78, 5) is 0. The van der Waals surface area contributed by atoms with Gasteiger partial charge in [0.1, 0.15) is 0 Å². The zero-order chi connectivity index (χ0) is 13.3. The molecular weight excluding hydrogens is 247 g/mol. The summed E-state index contributed by atoms with van der Waals surface area (Å²) in [6.07, 6.45) is -4.95. The maximum Gasteiger partial charge on any atom is 0.390 e. The van der Waals surface area contributed by atoms with Crippen molar-refractivity contribution in [3.8, 4) is 11.5 Å². The molecule has 0 unspecified atom stereocenters. The van der Waals surface area contributed by atoms with Gasteiger partial charge in [-0.2, -0.15) is 13.2 Å². The van der Waals surface area contributed by atoms with E-state index in [2.05, 4.69) is 5.32 Å². The van der Waals surface area contributed by atoms with Gasteiger partial charge in [0.25, 0.3) is 0 Å². The lowest BCUT2D eigenvalue weighted by Gasteiger charge is -2.09. The van der Waals surface area contributed by atoms with Crippen molar-refractivity contribution >= 4 is 0 Å². The van der Waals surface area contributed by atoms with Crippen LogP contribution < -0.4 is 14.8 Å². The molecule has 0 amide bonds. The summed E-state index contributed by atoms with van der Waals surface area (Å²) in [6, 6.07) is 4.34. The smallest absolute Gasteiger partial charge is 0.390 e. The van der Waals surface area contributed by atoms with Crippen LogP contribution in [0.3, 0.4) is 0 Å². The first-order chi connectivity index (χ1) is 8.44. The minimum absolute atomic E-state index is 0.258. The van der Waals surface area contributed by atoms with Gasteiger partial charge >= 0.3 is 6.18 Å². The van der Waals surface area contributed by atoms with Crippen LogP contribution in [0, 0.1) is 0 Å². The third kappa shape index (κ3) is 2.87. The number of alkyl halides is 3. The highest BCUT2D eigenvalue weighted by molar-refractivity contribution is 5.45. The zero-order valence-electron chi connectivity index (χ0n) is 10.0. The second kappa shape index (κ2) is 4.68. The van der Waals surface area contributed by atoms with Gasteiger partial charge in [-0.05, 0) is 17.7 Å². The number of rotatable bonds is 4. The number of ether oxygens (including phenoxy) is 2. The summed E-state index contributed by atoms with van der Waals surface area (Å²) in [6.45, 7) is 0. The highest BCUT2D eigenvalue weighted by Gasteiger charge is 2.45. The average molecular weight is 261 g/mol. The maximum absolute atomic E-state index is 12.2. The number of methoxy groups -OCH3 is 2. The molecule has 2 rings (SSSR count). The summed E-state index contributed by atoms with van der Waals surface area (Å²) >= 11 is 0. The second-order valence-corrected chi connectivity index (χ2v) is 4.18. The first kappa shape index (κ1) is 13.0. The minimum Gasteiger partial charge on any atom is -0.493 e. The normalized spacial score (nSPS) is 22.7. The van der Waals surface area contributed by atoms with Gasteiger partial charge in [0.15, 0.2) is 11.5 Å². The molecule has 0 aliphatic carbocycles. The van der Waals surface area contributed by atoms with Crippen LogP contribution >= 0.6 is 0 Å². The molecule has 0 radical (unpaired) electrons. The van der Waals surface area contributed by atoms with Crippen LogP contribution in [-0.2, 0) is 0 Å². The van der Waals surface area contributed by atoms with Crippen LogP contribution in [-0.4, -0.2) is 26.4 Å². The van der Waals surface area contributed by atoms with Crippen molar-refractivity contribution in [1.29, 1.82) is 0 Å². The van der Waals surface area contributed by atoms with Crippen LogP contribution in [0.15, 0.2) is 18.2 Å². The third-order valence-corrected chi connectivity index (χ3v) is 2.90. The molecule has 1 aliphatic heterocycles. The topological polar surface area (TPSA) is 40.4 Å². The molecule has 6 heteroatoms. The first-order valence-corrected chi connectivity index (χ1v) is 5.49. The molecule has 1 saturated heterocycles. The monoisotopic (exact) mass is 261 g/mol. The Labute approximate surface area is 103 Å². The fourth-order valence-corrected chi connectivity index (χ4v) is 1.98. The zero-order valence-corrected chi connectivity index (χ0v) is 10.0. The van der Waals surface area contributed by atoms with E-state index < -0.39 is 18.6 Å². The molecule has 100 valence electrons. The van der Waals surface area contributed by atoms with Gasteiger partial charge in [0.2, 0.25) is 0 Å². The van der Waals surface area contributed by atoms with E-state index in [1.807, 2.05) is 0 Å². The lowest BCUT2D eigenvalue weighted by Crippen LogP contribution is -2.12. The lowest BCUT2D eigenvalue weighted by atomic mass is 10.1. The van der Waals surface area contributed by atoms with Gasteiger partial charge in [-0.15, -0.1) is 0 Å². The molecule has 1 aliphatic rings. The van der Waals surface area contributed by atoms with Crippen LogP contribution in [0.2, 0.25) is 0 Å². The Kier molecular flexibility index (Phi) is 3.38. The van der Waals surface area contributed by atoms with Crippen LogP contribution in [0.5, 0.6) is 11.5 Å². The Morgan fingerprint density at radius 2 is 1.83 bits per heavy atom. The number of nitrogens with one attached hydrogen (secondary N) is 1. The standard InChI is InChI=1S/C12H14F3NO2/c1-17-9-4-3-7(5-10(9)18-2)11-8(16-11)6-12(13,14)15/h3-5,8,11,16H,6H2,1-2H3/t8-,11+/m0/s1. The first-order valence-electron chi connectivity index (χ1n) is 5.49. The van der Waals surface area contributed by atoms with Gasteiger partial charge < -0.3 is 14.8 Å². The van der Waals surface area contributed by atoms with E-state index in [-0.39, 0.29) is 6.04 Å². The van der Waals surface area contributed by atoms with Crippen LogP contribution in [0.25, 0.3) is 0 Å². The third-order valence-electron chi connectivity index (χ3n) is 2.90. The molecule has 3 nitrogen and oxygen atoms in total. The molecule has 1 heterocycles. The Hall–Kier alpha value is -1.43. The largest absolute Gasteiger partial charge is 0.493 e. The van der Waals surface area contributed by atoms with Gasteiger partial charge in [-0.25, -0.2) is 0 Å². The number of benzene rings is 1. The van der Waals surface area contributed by atoms with Gasteiger partial charge in [0.05, 0.1) is 20.6 Å². The number of hydrogen-bond donors (Lipinski definition) is 1. The summed E-state index contributed by atoms with van der Waals surface area (Å²) in [5.74, 6) is 1.09. The van der Waals surface area contributed by atoms with Crippen molar-refractivity contribution in [1.82, 2.24) is 5.32 Å². The molecular formula is C12H14F3NO2. The van der Waals surface area contributed by atoms with E-state index in [1.54, 1.807) is 18.2 Å². The molecule has 0 spiro atoms. The van der Waals surface area contributed by atoms with E-state index >= 15 is 0 Å².